The van der Waals surface area contributed by atoms with E-state index in [2.05, 4.69) is 19.2 Å². The zero-order valence-corrected chi connectivity index (χ0v) is 17.7. The van der Waals surface area contributed by atoms with Crippen molar-refractivity contribution >= 4 is 28.3 Å². The molecule has 0 saturated heterocycles. The van der Waals surface area contributed by atoms with Crippen molar-refractivity contribution in [1.29, 1.82) is 0 Å². The number of benzene rings is 2. The topological polar surface area (TPSA) is 115 Å². The van der Waals surface area contributed by atoms with E-state index in [4.69, 9.17) is 14.4 Å². The maximum Gasteiger partial charge on any atom is 0.339 e. The van der Waals surface area contributed by atoms with E-state index in [1.807, 2.05) is 13.0 Å². The lowest BCUT2D eigenvalue weighted by Crippen LogP contribution is -2.20. The molecule has 0 saturated carbocycles. The van der Waals surface area contributed by atoms with Crippen molar-refractivity contribution in [2.24, 2.45) is 5.92 Å². The van der Waals surface area contributed by atoms with Crippen molar-refractivity contribution in [3.8, 4) is 5.75 Å². The first kappa shape index (κ1) is 22.3. The van der Waals surface area contributed by atoms with Gasteiger partial charge in [0.25, 0.3) is 5.91 Å². The molecule has 0 radical (unpaired) electrons. The molecule has 164 valence electrons. The highest BCUT2D eigenvalue weighted by atomic mass is 16.8. The van der Waals surface area contributed by atoms with Crippen LogP contribution >= 0.6 is 0 Å². The van der Waals surface area contributed by atoms with Crippen LogP contribution in [0.2, 0.25) is 0 Å². The van der Waals surface area contributed by atoms with Gasteiger partial charge in [-0.1, -0.05) is 19.9 Å². The lowest BCUT2D eigenvalue weighted by molar-refractivity contribution is -0.118. The van der Waals surface area contributed by atoms with Gasteiger partial charge in [0, 0.05) is 22.7 Å². The number of amides is 1. The van der Waals surface area contributed by atoms with Crippen molar-refractivity contribution in [1.82, 2.24) is 0 Å². The maximum atomic E-state index is 12.4. The molecule has 2 N–H and O–H groups in total. The summed E-state index contributed by atoms with van der Waals surface area (Å²) in [6.45, 7) is 5.84. The van der Waals surface area contributed by atoms with E-state index in [1.54, 1.807) is 18.2 Å². The summed E-state index contributed by atoms with van der Waals surface area (Å²) >= 11 is 0. The quantitative estimate of drug-likeness (QED) is 0.406. The number of anilines is 2. The Morgan fingerprint density at radius 3 is 2.74 bits per heavy atom. The molecular weight excluding hydrogens is 400 g/mol. The molecule has 0 spiro atoms. The SMILES string of the molecule is Cc1c(CCC(C)C)c(=O)oc2cc(OCC(=O)Nc3cccc(N([O-])O)c3)ccc12. The minimum absolute atomic E-state index is 0.00795. The van der Waals surface area contributed by atoms with Gasteiger partial charge in [0.2, 0.25) is 0 Å². The van der Waals surface area contributed by atoms with Crippen LogP contribution in [0.4, 0.5) is 11.4 Å². The lowest BCUT2D eigenvalue weighted by Gasteiger charge is -2.22. The zero-order chi connectivity index (χ0) is 22.5. The highest BCUT2D eigenvalue weighted by Crippen LogP contribution is 2.25. The molecule has 0 atom stereocenters. The number of hydrogen-bond donors (Lipinski definition) is 2. The summed E-state index contributed by atoms with van der Waals surface area (Å²) in [6.07, 6.45) is 1.57. The molecule has 1 aromatic heterocycles. The van der Waals surface area contributed by atoms with E-state index >= 15 is 0 Å². The molecule has 2 aromatic carbocycles. The minimum Gasteiger partial charge on any atom is -0.733 e. The predicted octanol–water partition coefficient (Wildman–Crippen LogP) is 4.40. The van der Waals surface area contributed by atoms with Gasteiger partial charge in [0.1, 0.15) is 11.3 Å². The Morgan fingerprint density at radius 1 is 1.26 bits per heavy atom. The number of hydrogen-bond acceptors (Lipinski definition) is 7. The smallest absolute Gasteiger partial charge is 0.339 e. The Bertz CT molecular complexity index is 1140. The standard InChI is InChI=1S/C23H25N2O6/c1-14(2)7-9-20-15(3)19-10-8-18(12-21(19)31-23(20)27)30-13-22(26)24-16-5-4-6-17(11-16)25(28)29/h4-6,8,10-12,14,28H,7,9,13H2,1-3H3,(H,24,26)/q-1. The van der Waals surface area contributed by atoms with Crippen LogP contribution in [0.15, 0.2) is 51.7 Å². The zero-order valence-electron chi connectivity index (χ0n) is 17.7. The fraction of sp³-hybridized carbons (Fsp3) is 0.304. The number of nitrogens with zero attached hydrogens (tertiary/aromatic N) is 1. The van der Waals surface area contributed by atoms with Gasteiger partial charge in [-0.25, -0.2) is 4.79 Å². The summed E-state index contributed by atoms with van der Waals surface area (Å²) in [5.74, 6) is 0.422. The second-order valence-electron chi connectivity index (χ2n) is 7.74. The highest BCUT2D eigenvalue weighted by molar-refractivity contribution is 5.92. The number of carbonyl (C=O) groups is 1. The summed E-state index contributed by atoms with van der Waals surface area (Å²) < 4.78 is 11.0. The summed E-state index contributed by atoms with van der Waals surface area (Å²) in [5, 5.41) is 23.0. The summed E-state index contributed by atoms with van der Waals surface area (Å²) in [7, 11) is 0. The fourth-order valence-electron chi connectivity index (χ4n) is 3.23. The molecule has 8 nitrogen and oxygen atoms in total. The van der Waals surface area contributed by atoms with E-state index in [0.717, 1.165) is 17.4 Å². The van der Waals surface area contributed by atoms with Crippen LogP contribution in [-0.4, -0.2) is 17.7 Å². The molecule has 0 aliphatic heterocycles. The van der Waals surface area contributed by atoms with Gasteiger partial charge in [-0.3, -0.25) is 10.0 Å². The van der Waals surface area contributed by atoms with Crippen LogP contribution < -0.4 is 20.9 Å². The minimum atomic E-state index is -0.450. The van der Waals surface area contributed by atoms with E-state index in [-0.39, 0.29) is 23.1 Å². The molecule has 3 rings (SSSR count). The third-order valence-electron chi connectivity index (χ3n) is 4.95. The molecule has 3 aromatic rings. The molecular formula is C23H25N2O6-. The Morgan fingerprint density at radius 2 is 2.03 bits per heavy atom. The number of carbonyl (C=O) groups excluding carboxylic acids is 1. The van der Waals surface area contributed by atoms with E-state index < -0.39 is 5.91 Å². The molecule has 1 heterocycles. The van der Waals surface area contributed by atoms with Gasteiger partial charge in [-0.2, -0.15) is 0 Å². The van der Waals surface area contributed by atoms with Crippen LogP contribution in [0.1, 0.15) is 31.4 Å². The molecule has 0 aliphatic carbocycles. The fourth-order valence-corrected chi connectivity index (χ4v) is 3.23. The average Bonchev–Trinajstić information content (AvgIpc) is 2.71. The van der Waals surface area contributed by atoms with Gasteiger partial charge in [-0.15, -0.1) is 0 Å². The second kappa shape index (κ2) is 9.63. The number of nitrogens with one attached hydrogen (secondary N) is 1. The van der Waals surface area contributed by atoms with Gasteiger partial charge in [0.05, 0.1) is 5.69 Å². The second-order valence-corrected chi connectivity index (χ2v) is 7.74. The van der Waals surface area contributed by atoms with E-state index in [0.29, 0.717) is 34.9 Å². The number of fused-ring (bicyclic) bond motifs is 1. The van der Waals surface area contributed by atoms with Crippen molar-refractivity contribution in [3.63, 3.8) is 0 Å². The van der Waals surface area contributed by atoms with Gasteiger partial charge >= 0.3 is 5.63 Å². The summed E-state index contributed by atoms with van der Waals surface area (Å²) in [4.78, 5) is 24.6. The summed E-state index contributed by atoms with van der Waals surface area (Å²) in [6, 6.07) is 11.0. The lowest BCUT2D eigenvalue weighted by atomic mass is 9.98. The Labute approximate surface area is 179 Å². The Hall–Kier alpha value is -3.36. The predicted molar refractivity (Wildman–Crippen MR) is 119 cm³/mol. The average molecular weight is 425 g/mol. The molecule has 0 aliphatic rings. The first-order chi connectivity index (χ1) is 14.7. The first-order valence-electron chi connectivity index (χ1n) is 9.99. The molecule has 0 bridgehead atoms. The van der Waals surface area contributed by atoms with Crippen LogP contribution in [-0.2, 0) is 11.2 Å². The Balaban J connectivity index is 1.69. The molecule has 8 heteroatoms. The van der Waals surface area contributed by atoms with Crippen molar-refractivity contribution in [2.75, 3.05) is 17.2 Å². The first-order valence-corrected chi connectivity index (χ1v) is 9.99. The van der Waals surface area contributed by atoms with Gasteiger partial charge < -0.3 is 24.9 Å². The van der Waals surface area contributed by atoms with Crippen LogP contribution in [0.25, 0.3) is 11.0 Å². The van der Waals surface area contributed by atoms with Crippen LogP contribution in [0.3, 0.4) is 0 Å². The summed E-state index contributed by atoms with van der Waals surface area (Å²) in [5.41, 5.74) is 1.97. The van der Waals surface area contributed by atoms with Gasteiger partial charge in [0.15, 0.2) is 6.61 Å². The number of ether oxygens (including phenoxy) is 1. The normalized spacial score (nSPS) is 11.0. The molecule has 0 fully saturated rings. The molecule has 0 unspecified atom stereocenters. The van der Waals surface area contributed by atoms with Crippen molar-refractivity contribution in [2.45, 2.75) is 33.6 Å². The molecule has 31 heavy (non-hydrogen) atoms. The highest BCUT2D eigenvalue weighted by Gasteiger charge is 2.13. The van der Waals surface area contributed by atoms with Crippen LogP contribution in [0.5, 0.6) is 5.75 Å². The number of aryl methyl sites for hydroxylation is 1. The third-order valence-corrected chi connectivity index (χ3v) is 4.95. The number of rotatable bonds is 8. The van der Waals surface area contributed by atoms with E-state index in [1.165, 1.54) is 18.2 Å². The van der Waals surface area contributed by atoms with Gasteiger partial charge in [-0.05, 0) is 61.6 Å². The van der Waals surface area contributed by atoms with E-state index in [9.17, 15) is 14.8 Å². The van der Waals surface area contributed by atoms with Crippen LogP contribution in [0, 0.1) is 18.0 Å². The maximum absolute atomic E-state index is 12.4. The monoisotopic (exact) mass is 425 g/mol. The van der Waals surface area contributed by atoms with Crippen molar-refractivity contribution < 1.29 is 19.2 Å². The largest absolute Gasteiger partial charge is 0.733 e. The van der Waals surface area contributed by atoms with Crippen molar-refractivity contribution in [3.05, 3.63) is 69.2 Å². The Kier molecular flexibility index (Phi) is 6.94. The molecule has 1 amide bonds. The third kappa shape index (κ3) is 5.62.